The van der Waals surface area contributed by atoms with Crippen LogP contribution in [0.5, 0.6) is 0 Å². The maximum absolute atomic E-state index is 13.3. The summed E-state index contributed by atoms with van der Waals surface area (Å²) in [5.74, 6) is -1.20. The molecule has 0 atom stereocenters. The van der Waals surface area contributed by atoms with Crippen molar-refractivity contribution in [2.75, 3.05) is 0 Å². The second kappa shape index (κ2) is 7.64. The van der Waals surface area contributed by atoms with Crippen molar-refractivity contribution < 1.29 is 14.0 Å². The zero-order valence-corrected chi connectivity index (χ0v) is 15.1. The van der Waals surface area contributed by atoms with Crippen LogP contribution in [0.3, 0.4) is 0 Å². The van der Waals surface area contributed by atoms with E-state index in [2.05, 4.69) is 16.0 Å². The number of hydrogen-bond acceptors (Lipinski definition) is 3. The normalized spacial score (nSPS) is 12.9. The van der Waals surface area contributed by atoms with E-state index in [1.165, 1.54) is 12.1 Å². The van der Waals surface area contributed by atoms with E-state index in [0.717, 1.165) is 36.9 Å². The Kier molecular flexibility index (Phi) is 4.89. The number of carbonyl (C=O) groups excluding carboxylic acids is 2. The molecular formula is C21H19FN4O2. The summed E-state index contributed by atoms with van der Waals surface area (Å²) in [6, 6.07) is 14.6. The highest BCUT2D eigenvalue weighted by atomic mass is 19.1. The molecule has 0 radical (unpaired) electrons. The van der Waals surface area contributed by atoms with Crippen LogP contribution in [0.1, 0.15) is 44.9 Å². The first kappa shape index (κ1) is 17.9. The lowest BCUT2D eigenvalue weighted by atomic mass is 9.95. The van der Waals surface area contributed by atoms with Crippen LogP contribution < -0.4 is 10.9 Å². The third-order valence-electron chi connectivity index (χ3n) is 4.79. The first-order chi connectivity index (χ1) is 13.6. The Morgan fingerprint density at radius 2 is 1.57 bits per heavy atom. The van der Waals surface area contributed by atoms with Crippen molar-refractivity contribution in [2.24, 2.45) is 0 Å². The van der Waals surface area contributed by atoms with Crippen LogP contribution in [0.2, 0.25) is 0 Å². The second-order valence-electron chi connectivity index (χ2n) is 6.64. The number of aromatic nitrogens is 2. The lowest BCUT2D eigenvalue weighted by Crippen LogP contribution is -2.42. The number of nitrogens with one attached hydrogen (secondary N) is 2. The third-order valence-corrected chi connectivity index (χ3v) is 4.79. The fourth-order valence-electron chi connectivity index (χ4n) is 3.41. The quantitative estimate of drug-likeness (QED) is 0.688. The minimum atomic E-state index is -0.469. The van der Waals surface area contributed by atoms with Crippen molar-refractivity contribution in [1.82, 2.24) is 20.6 Å². The largest absolute Gasteiger partial charge is 0.290 e. The average molecular weight is 378 g/mol. The Morgan fingerprint density at radius 3 is 2.32 bits per heavy atom. The van der Waals surface area contributed by atoms with Crippen molar-refractivity contribution >= 4 is 11.8 Å². The summed E-state index contributed by atoms with van der Waals surface area (Å²) >= 11 is 0. The van der Waals surface area contributed by atoms with Crippen molar-refractivity contribution in [1.29, 1.82) is 0 Å². The van der Waals surface area contributed by atoms with Gasteiger partial charge in [-0.2, -0.15) is 5.10 Å². The zero-order chi connectivity index (χ0) is 19.5. The molecule has 0 saturated carbocycles. The lowest BCUT2D eigenvalue weighted by Gasteiger charge is -2.14. The van der Waals surface area contributed by atoms with Crippen LogP contribution in [-0.4, -0.2) is 21.6 Å². The molecule has 2 amide bonds. The van der Waals surface area contributed by atoms with Gasteiger partial charge in [0.1, 0.15) is 5.82 Å². The minimum Gasteiger partial charge on any atom is -0.267 e. The van der Waals surface area contributed by atoms with Crippen LogP contribution >= 0.6 is 0 Å². The average Bonchev–Trinajstić information content (AvgIpc) is 3.13. The molecule has 1 aliphatic carbocycles. The van der Waals surface area contributed by atoms with Gasteiger partial charge in [0.25, 0.3) is 11.8 Å². The van der Waals surface area contributed by atoms with Gasteiger partial charge in [-0.15, -0.1) is 0 Å². The first-order valence-corrected chi connectivity index (χ1v) is 9.16. The molecule has 1 aromatic heterocycles. The van der Waals surface area contributed by atoms with Gasteiger partial charge in [-0.3, -0.25) is 20.4 Å². The van der Waals surface area contributed by atoms with E-state index >= 15 is 0 Å². The summed E-state index contributed by atoms with van der Waals surface area (Å²) < 4.78 is 15.0. The molecule has 0 bridgehead atoms. The maximum atomic E-state index is 13.3. The predicted molar refractivity (Wildman–Crippen MR) is 102 cm³/mol. The van der Waals surface area contributed by atoms with E-state index in [0.29, 0.717) is 11.3 Å². The van der Waals surface area contributed by atoms with Gasteiger partial charge in [-0.25, -0.2) is 9.07 Å². The van der Waals surface area contributed by atoms with Gasteiger partial charge in [-0.05, 0) is 62.1 Å². The molecular weight excluding hydrogens is 359 g/mol. The van der Waals surface area contributed by atoms with Crippen LogP contribution in [0, 0.1) is 5.82 Å². The molecule has 0 unspecified atom stereocenters. The minimum absolute atomic E-state index is 0.285. The van der Waals surface area contributed by atoms with E-state index in [9.17, 15) is 14.0 Å². The van der Waals surface area contributed by atoms with Gasteiger partial charge in [-0.1, -0.05) is 18.2 Å². The molecule has 4 rings (SSSR count). The Balaban J connectivity index is 1.58. The molecule has 2 aromatic carbocycles. The highest BCUT2D eigenvalue weighted by Crippen LogP contribution is 2.27. The number of halogens is 1. The molecule has 3 aromatic rings. The van der Waals surface area contributed by atoms with E-state index in [1.807, 2.05) is 6.07 Å². The van der Waals surface area contributed by atoms with E-state index in [-0.39, 0.29) is 11.5 Å². The third kappa shape index (κ3) is 3.51. The highest BCUT2D eigenvalue weighted by Gasteiger charge is 2.25. The topological polar surface area (TPSA) is 76.0 Å². The summed E-state index contributed by atoms with van der Waals surface area (Å²) in [6.07, 6.45) is 3.51. The molecule has 0 spiro atoms. The van der Waals surface area contributed by atoms with Crippen LogP contribution in [-0.2, 0) is 12.8 Å². The number of hydrogen-bond donors (Lipinski definition) is 2. The summed E-state index contributed by atoms with van der Waals surface area (Å²) in [5, 5.41) is 4.47. The number of benzene rings is 2. The SMILES string of the molecule is O=C(NNC(=O)c1nn(-c2ccc(F)cc2)c2c1CCCC2)c1ccccc1. The summed E-state index contributed by atoms with van der Waals surface area (Å²) in [6.45, 7) is 0. The second-order valence-corrected chi connectivity index (χ2v) is 6.64. The fraction of sp³-hybridized carbons (Fsp3) is 0.190. The van der Waals surface area contributed by atoms with Crippen molar-refractivity contribution in [3.8, 4) is 5.69 Å². The Morgan fingerprint density at radius 1 is 0.893 bits per heavy atom. The Bertz CT molecular complexity index is 1010. The lowest BCUT2D eigenvalue weighted by molar-refractivity contribution is 0.0843. The number of hydrazine groups is 1. The van der Waals surface area contributed by atoms with Crippen molar-refractivity contribution in [3.05, 3.63) is 82.9 Å². The van der Waals surface area contributed by atoms with E-state index < -0.39 is 11.8 Å². The van der Waals surface area contributed by atoms with E-state index in [1.54, 1.807) is 41.1 Å². The van der Waals surface area contributed by atoms with Crippen LogP contribution in [0.25, 0.3) is 5.69 Å². The number of carbonyl (C=O) groups is 2. The van der Waals surface area contributed by atoms with Gasteiger partial charge in [0.2, 0.25) is 0 Å². The summed E-state index contributed by atoms with van der Waals surface area (Å²) in [7, 11) is 0. The maximum Gasteiger partial charge on any atom is 0.290 e. The van der Waals surface area contributed by atoms with Gasteiger partial charge in [0.15, 0.2) is 5.69 Å². The molecule has 7 heteroatoms. The van der Waals surface area contributed by atoms with Crippen LogP contribution in [0.4, 0.5) is 4.39 Å². The molecule has 0 fully saturated rings. The monoisotopic (exact) mass is 378 g/mol. The van der Waals surface area contributed by atoms with Crippen molar-refractivity contribution in [3.63, 3.8) is 0 Å². The summed E-state index contributed by atoms with van der Waals surface area (Å²) in [4.78, 5) is 24.8. The van der Waals surface area contributed by atoms with Gasteiger partial charge in [0, 0.05) is 16.8 Å². The molecule has 0 saturated heterocycles. The highest BCUT2D eigenvalue weighted by molar-refractivity contribution is 5.99. The molecule has 0 aliphatic heterocycles. The molecule has 6 nitrogen and oxygen atoms in total. The van der Waals surface area contributed by atoms with Crippen LogP contribution in [0.15, 0.2) is 54.6 Å². The smallest absolute Gasteiger partial charge is 0.267 e. The van der Waals surface area contributed by atoms with Gasteiger partial charge >= 0.3 is 0 Å². The number of fused-ring (bicyclic) bond motifs is 1. The van der Waals surface area contributed by atoms with Gasteiger partial charge in [0.05, 0.1) is 5.69 Å². The molecule has 2 N–H and O–H groups in total. The fourth-order valence-corrected chi connectivity index (χ4v) is 3.41. The predicted octanol–water partition coefficient (Wildman–Crippen LogP) is 2.97. The van der Waals surface area contributed by atoms with Crippen molar-refractivity contribution in [2.45, 2.75) is 25.7 Å². The molecule has 28 heavy (non-hydrogen) atoms. The van der Waals surface area contributed by atoms with E-state index in [4.69, 9.17) is 0 Å². The zero-order valence-electron chi connectivity index (χ0n) is 15.1. The number of nitrogens with zero attached hydrogens (tertiary/aromatic N) is 2. The molecule has 1 aliphatic rings. The number of amides is 2. The Labute approximate surface area is 161 Å². The standard InChI is InChI=1S/C21H19FN4O2/c22-15-10-12-16(13-11-15)26-18-9-5-4-8-17(18)19(25-26)21(28)24-23-20(27)14-6-2-1-3-7-14/h1-3,6-7,10-13H,4-5,8-9H2,(H,23,27)(H,24,28). The summed E-state index contributed by atoms with van der Waals surface area (Å²) in [5.41, 5.74) is 8.13. The first-order valence-electron chi connectivity index (χ1n) is 9.16. The molecule has 1 heterocycles. The molecule has 142 valence electrons. The number of rotatable bonds is 3. The van der Waals surface area contributed by atoms with Gasteiger partial charge < -0.3 is 0 Å². The Hall–Kier alpha value is -3.48.